The number of carbonyl (C=O) groups is 1. The number of hydrogen-bond acceptors (Lipinski definition) is 4. The number of rotatable bonds is 4. The molecule has 4 heteroatoms. The van der Waals surface area contributed by atoms with E-state index in [9.17, 15) is 15.0 Å². The summed E-state index contributed by atoms with van der Waals surface area (Å²) in [4.78, 5) is 11.4. The maximum Gasteiger partial charge on any atom is 0.309 e. The van der Waals surface area contributed by atoms with E-state index in [0.717, 1.165) is 6.42 Å². The number of carbonyl (C=O) groups excluding carboxylic acids is 1. The summed E-state index contributed by atoms with van der Waals surface area (Å²) >= 11 is 0. The number of cyclic esters (lactones) is 1. The quantitative estimate of drug-likeness (QED) is 0.713. The van der Waals surface area contributed by atoms with Crippen LogP contribution in [0.5, 0.6) is 0 Å². The first-order valence-electron chi connectivity index (χ1n) is 5.86. The minimum Gasteiger partial charge on any atom is -0.456 e. The predicted octanol–water partition coefficient (Wildman–Crippen LogP) is 1.24. The molecular weight excluding hydrogens is 208 g/mol. The van der Waals surface area contributed by atoms with Gasteiger partial charge in [-0.25, -0.2) is 0 Å². The highest BCUT2D eigenvalue weighted by Gasteiger charge is 2.52. The van der Waals surface area contributed by atoms with E-state index in [1.807, 2.05) is 6.92 Å². The minimum absolute atomic E-state index is 0.211. The van der Waals surface area contributed by atoms with Gasteiger partial charge in [-0.15, -0.1) is 0 Å². The third-order valence-corrected chi connectivity index (χ3v) is 3.37. The van der Waals surface area contributed by atoms with E-state index in [1.54, 1.807) is 20.8 Å². The standard InChI is InChI=1S/C12H22O4/c1-5-6-11(3,15)10(14)12(4)7-8(2)9(13)16-12/h8,10,14-15H,5-7H2,1-4H3. The minimum atomic E-state index is -1.21. The van der Waals surface area contributed by atoms with Crippen LogP contribution in [0.1, 0.15) is 47.0 Å². The molecule has 1 rings (SSSR count). The van der Waals surface area contributed by atoms with Crippen molar-refractivity contribution in [1.29, 1.82) is 0 Å². The maximum atomic E-state index is 11.4. The van der Waals surface area contributed by atoms with Crippen LogP contribution >= 0.6 is 0 Å². The molecule has 4 atom stereocenters. The Morgan fingerprint density at radius 1 is 1.69 bits per heavy atom. The number of aliphatic hydroxyl groups excluding tert-OH is 1. The Labute approximate surface area is 96.6 Å². The van der Waals surface area contributed by atoms with Crippen LogP contribution in [0.25, 0.3) is 0 Å². The zero-order valence-electron chi connectivity index (χ0n) is 10.5. The van der Waals surface area contributed by atoms with Gasteiger partial charge in [-0.1, -0.05) is 20.3 Å². The Morgan fingerprint density at radius 2 is 2.25 bits per heavy atom. The molecule has 2 N–H and O–H groups in total. The Morgan fingerprint density at radius 3 is 2.62 bits per heavy atom. The third kappa shape index (κ3) is 2.38. The molecule has 1 aliphatic heterocycles. The lowest BCUT2D eigenvalue weighted by Crippen LogP contribution is -2.53. The molecule has 0 bridgehead atoms. The topological polar surface area (TPSA) is 66.8 Å². The number of esters is 1. The first kappa shape index (κ1) is 13.5. The molecule has 4 nitrogen and oxygen atoms in total. The van der Waals surface area contributed by atoms with Crippen molar-refractivity contribution in [2.24, 2.45) is 5.92 Å². The lowest BCUT2D eigenvalue weighted by atomic mass is 9.80. The molecule has 4 unspecified atom stereocenters. The van der Waals surface area contributed by atoms with Crippen LogP contribution in [0.4, 0.5) is 0 Å². The Kier molecular flexibility index (Phi) is 3.65. The van der Waals surface area contributed by atoms with Gasteiger partial charge in [0.15, 0.2) is 0 Å². The first-order chi connectivity index (χ1) is 7.23. The van der Waals surface area contributed by atoms with E-state index >= 15 is 0 Å². The number of aliphatic hydroxyl groups is 2. The summed E-state index contributed by atoms with van der Waals surface area (Å²) in [6.07, 6.45) is 0.653. The normalized spacial score (nSPS) is 35.6. The summed E-state index contributed by atoms with van der Waals surface area (Å²) in [7, 11) is 0. The molecule has 0 aromatic carbocycles. The second kappa shape index (κ2) is 4.34. The molecule has 0 aromatic rings. The molecule has 1 fully saturated rings. The van der Waals surface area contributed by atoms with Crippen molar-refractivity contribution in [3.05, 3.63) is 0 Å². The molecule has 0 radical (unpaired) electrons. The maximum absolute atomic E-state index is 11.4. The van der Waals surface area contributed by atoms with Crippen LogP contribution < -0.4 is 0 Å². The molecule has 0 saturated carbocycles. The average molecular weight is 230 g/mol. The van der Waals surface area contributed by atoms with Gasteiger partial charge in [0.25, 0.3) is 0 Å². The summed E-state index contributed by atoms with van der Waals surface area (Å²) in [5.74, 6) is -0.508. The van der Waals surface area contributed by atoms with Crippen molar-refractivity contribution in [1.82, 2.24) is 0 Å². The molecule has 94 valence electrons. The highest BCUT2D eigenvalue weighted by Crippen LogP contribution is 2.38. The average Bonchev–Trinajstić information content (AvgIpc) is 2.41. The van der Waals surface area contributed by atoms with Crippen molar-refractivity contribution in [2.75, 3.05) is 0 Å². The molecular formula is C12H22O4. The van der Waals surface area contributed by atoms with E-state index in [-0.39, 0.29) is 11.9 Å². The highest BCUT2D eigenvalue weighted by atomic mass is 16.6. The molecule has 0 aliphatic carbocycles. The van der Waals surface area contributed by atoms with Crippen molar-refractivity contribution in [2.45, 2.75) is 64.3 Å². The molecule has 0 aromatic heterocycles. The van der Waals surface area contributed by atoms with E-state index in [2.05, 4.69) is 0 Å². The summed E-state index contributed by atoms with van der Waals surface area (Å²) in [6.45, 7) is 6.98. The third-order valence-electron chi connectivity index (χ3n) is 3.37. The fourth-order valence-corrected chi connectivity index (χ4v) is 2.53. The van der Waals surface area contributed by atoms with Crippen LogP contribution in [-0.2, 0) is 9.53 Å². The molecule has 1 saturated heterocycles. The van der Waals surface area contributed by atoms with Gasteiger partial charge in [0.05, 0.1) is 11.5 Å². The molecule has 0 amide bonds. The van der Waals surface area contributed by atoms with Gasteiger partial charge in [-0.3, -0.25) is 4.79 Å². The molecule has 16 heavy (non-hydrogen) atoms. The van der Waals surface area contributed by atoms with Gasteiger partial charge in [0.2, 0.25) is 0 Å². The van der Waals surface area contributed by atoms with Crippen LogP contribution in [0, 0.1) is 5.92 Å². The second-order valence-corrected chi connectivity index (χ2v) is 5.35. The lowest BCUT2D eigenvalue weighted by Gasteiger charge is -2.38. The van der Waals surface area contributed by atoms with Gasteiger partial charge < -0.3 is 14.9 Å². The fourth-order valence-electron chi connectivity index (χ4n) is 2.53. The van der Waals surface area contributed by atoms with Gasteiger partial charge in [0, 0.05) is 6.42 Å². The monoisotopic (exact) mass is 230 g/mol. The van der Waals surface area contributed by atoms with E-state index < -0.39 is 17.3 Å². The van der Waals surface area contributed by atoms with Crippen molar-refractivity contribution in [3.8, 4) is 0 Å². The zero-order valence-corrected chi connectivity index (χ0v) is 10.5. The van der Waals surface area contributed by atoms with Gasteiger partial charge in [0.1, 0.15) is 11.7 Å². The van der Waals surface area contributed by atoms with Crippen LogP contribution in [0.15, 0.2) is 0 Å². The first-order valence-corrected chi connectivity index (χ1v) is 5.86. The number of hydrogen-bond donors (Lipinski definition) is 2. The summed E-state index contributed by atoms with van der Waals surface area (Å²) in [5.41, 5.74) is -2.18. The van der Waals surface area contributed by atoms with E-state index in [4.69, 9.17) is 4.74 Å². The SMILES string of the molecule is CCCC(C)(O)C(O)C1(C)CC(C)C(=O)O1. The van der Waals surface area contributed by atoms with Crippen molar-refractivity contribution >= 4 is 5.97 Å². The Bertz CT molecular complexity index is 274. The predicted molar refractivity (Wildman–Crippen MR) is 59.8 cm³/mol. The molecule has 1 aliphatic rings. The van der Waals surface area contributed by atoms with E-state index in [0.29, 0.717) is 12.8 Å². The Hall–Kier alpha value is -0.610. The van der Waals surface area contributed by atoms with Gasteiger partial charge in [-0.05, 0) is 20.3 Å². The fraction of sp³-hybridized carbons (Fsp3) is 0.917. The van der Waals surface area contributed by atoms with Gasteiger partial charge in [-0.2, -0.15) is 0 Å². The van der Waals surface area contributed by atoms with Crippen molar-refractivity contribution < 1.29 is 19.7 Å². The molecule has 0 spiro atoms. The second-order valence-electron chi connectivity index (χ2n) is 5.35. The lowest BCUT2D eigenvalue weighted by molar-refractivity contribution is -0.180. The summed E-state index contributed by atoms with van der Waals surface area (Å²) < 4.78 is 5.21. The zero-order chi connectivity index (χ0) is 12.6. The molecule has 1 heterocycles. The smallest absolute Gasteiger partial charge is 0.309 e. The summed E-state index contributed by atoms with van der Waals surface area (Å²) in [6, 6.07) is 0. The Balaban J connectivity index is 2.81. The van der Waals surface area contributed by atoms with E-state index in [1.165, 1.54) is 0 Å². The summed E-state index contributed by atoms with van der Waals surface area (Å²) in [5, 5.41) is 20.3. The van der Waals surface area contributed by atoms with Crippen LogP contribution in [0.3, 0.4) is 0 Å². The van der Waals surface area contributed by atoms with Crippen LogP contribution in [0.2, 0.25) is 0 Å². The van der Waals surface area contributed by atoms with Gasteiger partial charge >= 0.3 is 5.97 Å². The highest BCUT2D eigenvalue weighted by molar-refractivity contribution is 5.75. The van der Waals surface area contributed by atoms with Crippen molar-refractivity contribution in [3.63, 3.8) is 0 Å². The largest absolute Gasteiger partial charge is 0.456 e. The number of ether oxygens (including phenoxy) is 1. The van der Waals surface area contributed by atoms with Crippen LogP contribution in [-0.4, -0.2) is 33.5 Å².